The molecule has 15 heavy (non-hydrogen) atoms. The van der Waals surface area contributed by atoms with Crippen LogP contribution in [-0.2, 0) is 14.3 Å². The number of carbonyl (C=O) groups is 3. The van der Waals surface area contributed by atoms with Crippen LogP contribution in [0.1, 0.15) is 13.8 Å². The Hall–Kier alpha value is -1.63. The molecule has 0 aromatic heterocycles. The molecule has 0 aliphatic rings. The van der Waals surface area contributed by atoms with E-state index in [0.717, 1.165) is 0 Å². The molecular weight excluding hydrogens is 204 g/mol. The Balaban J connectivity index is 3.75. The van der Waals surface area contributed by atoms with Gasteiger partial charge in [0.25, 0.3) is 0 Å². The number of nitrogens with one attached hydrogen (secondary N) is 2. The van der Waals surface area contributed by atoms with Crippen LogP contribution < -0.4 is 10.6 Å². The van der Waals surface area contributed by atoms with Crippen LogP contribution in [0.25, 0.3) is 0 Å². The van der Waals surface area contributed by atoms with E-state index in [1.807, 2.05) is 5.32 Å². The number of carbonyl (C=O) groups excluding carboxylic acids is 2. The van der Waals surface area contributed by atoms with Crippen LogP contribution >= 0.6 is 0 Å². The van der Waals surface area contributed by atoms with Crippen LogP contribution in [0.4, 0.5) is 4.79 Å². The lowest BCUT2D eigenvalue weighted by Crippen LogP contribution is -2.43. The van der Waals surface area contributed by atoms with Crippen molar-refractivity contribution in [3.05, 3.63) is 0 Å². The first kappa shape index (κ1) is 13.4. The van der Waals surface area contributed by atoms with Gasteiger partial charge >= 0.3 is 12.1 Å². The molecular formula is C8H14N2O5. The maximum absolute atomic E-state index is 11.0. The summed E-state index contributed by atoms with van der Waals surface area (Å²) in [6, 6.07) is -0.849. The molecule has 2 amide bonds. The molecule has 7 nitrogen and oxygen atoms in total. The molecule has 86 valence electrons. The summed E-state index contributed by atoms with van der Waals surface area (Å²) in [6.07, 6.45) is -0.840. The van der Waals surface area contributed by atoms with Crippen LogP contribution in [0.2, 0.25) is 0 Å². The fourth-order valence-corrected chi connectivity index (χ4v) is 0.658. The number of ether oxygens (including phenoxy) is 1. The highest BCUT2D eigenvalue weighted by molar-refractivity contribution is 5.93. The number of rotatable bonds is 5. The van der Waals surface area contributed by atoms with Crippen molar-refractivity contribution in [1.82, 2.24) is 10.6 Å². The second kappa shape index (κ2) is 6.77. The third-order valence-corrected chi connectivity index (χ3v) is 1.46. The zero-order valence-corrected chi connectivity index (χ0v) is 8.57. The molecule has 0 aromatic carbocycles. The number of imide groups is 1. The highest BCUT2D eigenvalue weighted by Gasteiger charge is 2.13. The molecule has 0 radical (unpaired) electrons. The zero-order chi connectivity index (χ0) is 11.8. The summed E-state index contributed by atoms with van der Waals surface area (Å²) in [5, 5.41) is 12.8. The van der Waals surface area contributed by atoms with Crippen molar-refractivity contribution in [3.8, 4) is 0 Å². The van der Waals surface area contributed by atoms with Gasteiger partial charge in [-0.3, -0.25) is 20.2 Å². The smallest absolute Gasteiger partial charge is 0.413 e. The molecule has 0 aromatic rings. The Bertz CT molecular complexity index is 253. The summed E-state index contributed by atoms with van der Waals surface area (Å²) >= 11 is 0. The van der Waals surface area contributed by atoms with Crippen molar-refractivity contribution in [2.45, 2.75) is 19.9 Å². The number of amides is 2. The van der Waals surface area contributed by atoms with Gasteiger partial charge < -0.3 is 9.84 Å². The summed E-state index contributed by atoms with van der Waals surface area (Å²) in [6.45, 7) is 2.90. The van der Waals surface area contributed by atoms with Crippen molar-refractivity contribution in [3.63, 3.8) is 0 Å². The summed E-state index contributed by atoms with van der Waals surface area (Å²) in [7, 11) is 0. The SMILES string of the molecule is CCOC(=O)NC(=O)CNC(C)C(=O)O. The van der Waals surface area contributed by atoms with Gasteiger partial charge in [0, 0.05) is 0 Å². The van der Waals surface area contributed by atoms with Crippen LogP contribution in [0.15, 0.2) is 0 Å². The fourth-order valence-electron chi connectivity index (χ4n) is 0.658. The van der Waals surface area contributed by atoms with Gasteiger partial charge in [0.1, 0.15) is 6.04 Å². The molecule has 0 spiro atoms. The Kier molecular flexibility index (Phi) is 6.03. The molecule has 0 aliphatic carbocycles. The van der Waals surface area contributed by atoms with E-state index in [0.29, 0.717) is 0 Å². The topological polar surface area (TPSA) is 105 Å². The van der Waals surface area contributed by atoms with E-state index in [9.17, 15) is 14.4 Å². The Morgan fingerprint density at radius 1 is 1.40 bits per heavy atom. The Morgan fingerprint density at radius 3 is 2.47 bits per heavy atom. The van der Waals surface area contributed by atoms with Crippen LogP contribution in [-0.4, -0.2) is 42.3 Å². The summed E-state index contributed by atoms with van der Waals surface area (Å²) in [5.41, 5.74) is 0. The van der Waals surface area contributed by atoms with Crippen molar-refractivity contribution in [2.75, 3.05) is 13.2 Å². The van der Waals surface area contributed by atoms with E-state index >= 15 is 0 Å². The van der Waals surface area contributed by atoms with Crippen molar-refractivity contribution >= 4 is 18.0 Å². The third-order valence-electron chi connectivity index (χ3n) is 1.46. The maximum atomic E-state index is 11.0. The fraction of sp³-hybridized carbons (Fsp3) is 0.625. The minimum atomic E-state index is -1.07. The number of carboxylic acids is 1. The predicted molar refractivity (Wildman–Crippen MR) is 50.3 cm³/mol. The van der Waals surface area contributed by atoms with Gasteiger partial charge in [-0.05, 0) is 13.8 Å². The first-order chi connectivity index (χ1) is 6.97. The molecule has 0 heterocycles. The number of hydrogen-bond acceptors (Lipinski definition) is 5. The minimum Gasteiger partial charge on any atom is -0.480 e. The third kappa shape index (κ3) is 6.44. The van der Waals surface area contributed by atoms with E-state index in [4.69, 9.17) is 5.11 Å². The van der Waals surface area contributed by atoms with Gasteiger partial charge in [0.05, 0.1) is 13.2 Å². The van der Waals surface area contributed by atoms with Crippen molar-refractivity contribution in [1.29, 1.82) is 0 Å². The monoisotopic (exact) mass is 218 g/mol. The average molecular weight is 218 g/mol. The van der Waals surface area contributed by atoms with Crippen LogP contribution in [0.5, 0.6) is 0 Å². The first-order valence-electron chi connectivity index (χ1n) is 4.40. The molecule has 0 saturated heterocycles. The molecule has 0 bridgehead atoms. The Labute approximate surface area is 86.8 Å². The molecule has 0 aliphatic heterocycles. The van der Waals surface area contributed by atoms with E-state index in [1.54, 1.807) is 6.92 Å². The largest absolute Gasteiger partial charge is 0.480 e. The van der Waals surface area contributed by atoms with E-state index in [2.05, 4.69) is 10.1 Å². The number of alkyl carbamates (subject to hydrolysis) is 1. The lowest BCUT2D eigenvalue weighted by Gasteiger charge is -2.08. The lowest BCUT2D eigenvalue weighted by molar-refractivity contribution is -0.139. The highest BCUT2D eigenvalue weighted by Crippen LogP contribution is 1.81. The summed E-state index contributed by atoms with van der Waals surface area (Å²) in [5.74, 6) is -1.71. The van der Waals surface area contributed by atoms with Crippen molar-refractivity contribution in [2.24, 2.45) is 0 Å². The van der Waals surface area contributed by atoms with Gasteiger partial charge in [-0.25, -0.2) is 4.79 Å². The van der Waals surface area contributed by atoms with Gasteiger partial charge in [-0.15, -0.1) is 0 Å². The highest BCUT2D eigenvalue weighted by atomic mass is 16.5. The minimum absolute atomic E-state index is 0.165. The van der Waals surface area contributed by atoms with Crippen molar-refractivity contribution < 1.29 is 24.2 Å². The predicted octanol–water partition coefficient (Wildman–Crippen LogP) is -0.678. The van der Waals surface area contributed by atoms with Gasteiger partial charge in [-0.1, -0.05) is 0 Å². The second-order valence-corrected chi connectivity index (χ2v) is 2.71. The standard InChI is InChI=1S/C8H14N2O5/c1-3-15-8(14)10-6(11)4-9-5(2)7(12)13/h5,9H,3-4H2,1-2H3,(H,12,13)(H,10,11,14). The molecule has 7 heteroatoms. The van der Waals surface area contributed by atoms with Crippen LogP contribution in [0.3, 0.4) is 0 Å². The second-order valence-electron chi connectivity index (χ2n) is 2.71. The molecule has 0 saturated carbocycles. The van der Waals surface area contributed by atoms with Crippen LogP contribution in [0, 0.1) is 0 Å². The first-order valence-corrected chi connectivity index (χ1v) is 4.40. The van der Waals surface area contributed by atoms with Gasteiger partial charge in [0.15, 0.2) is 0 Å². The van der Waals surface area contributed by atoms with E-state index in [-0.39, 0.29) is 13.2 Å². The molecule has 3 N–H and O–H groups in total. The summed E-state index contributed by atoms with van der Waals surface area (Å²) in [4.78, 5) is 32.1. The number of aliphatic carboxylic acids is 1. The normalized spacial score (nSPS) is 11.6. The maximum Gasteiger partial charge on any atom is 0.413 e. The Morgan fingerprint density at radius 2 is 2.00 bits per heavy atom. The van der Waals surface area contributed by atoms with E-state index in [1.165, 1.54) is 6.92 Å². The lowest BCUT2D eigenvalue weighted by atomic mass is 10.3. The average Bonchev–Trinajstić information content (AvgIpc) is 2.14. The van der Waals surface area contributed by atoms with Gasteiger partial charge in [0.2, 0.25) is 5.91 Å². The molecule has 0 rings (SSSR count). The molecule has 1 unspecified atom stereocenters. The van der Waals surface area contributed by atoms with E-state index < -0.39 is 24.0 Å². The number of hydrogen-bond donors (Lipinski definition) is 3. The quantitative estimate of drug-likeness (QED) is 0.564. The summed E-state index contributed by atoms with van der Waals surface area (Å²) < 4.78 is 4.45. The molecule has 1 atom stereocenters. The number of carboxylic acid groups (broad SMARTS) is 1. The zero-order valence-electron chi connectivity index (χ0n) is 8.57. The van der Waals surface area contributed by atoms with Gasteiger partial charge in [-0.2, -0.15) is 0 Å². The molecule has 0 fully saturated rings.